The van der Waals surface area contributed by atoms with E-state index in [0.717, 1.165) is 16.8 Å². The molecule has 0 spiro atoms. The van der Waals surface area contributed by atoms with Crippen LogP contribution < -0.4 is 5.32 Å². The topological polar surface area (TPSA) is 46.9 Å². The van der Waals surface area contributed by atoms with Gasteiger partial charge in [0.15, 0.2) is 0 Å². The molecule has 0 bridgehead atoms. The van der Waals surface area contributed by atoms with Gasteiger partial charge in [0.25, 0.3) is 0 Å². The highest BCUT2D eigenvalue weighted by atomic mass is 35.5. The zero-order valence-electron chi connectivity index (χ0n) is 14.3. The predicted molar refractivity (Wildman–Crippen MR) is 111 cm³/mol. The molecule has 0 aliphatic carbocycles. The van der Waals surface area contributed by atoms with E-state index in [0.29, 0.717) is 26.4 Å². The second-order valence-electron chi connectivity index (χ2n) is 5.85. The van der Waals surface area contributed by atoms with Crippen LogP contribution in [0.1, 0.15) is 11.3 Å². The Morgan fingerprint density at radius 1 is 1.07 bits per heavy atom. The number of aromatic nitrogens is 2. The molecule has 1 heterocycles. The normalized spacial score (nSPS) is 10.9. The molecule has 1 amide bonds. The van der Waals surface area contributed by atoms with E-state index in [-0.39, 0.29) is 18.3 Å². The van der Waals surface area contributed by atoms with Gasteiger partial charge in [0, 0.05) is 21.2 Å². The van der Waals surface area contributed by atoms with Gasteiger partial charge in [-0.15, -0.1) is 11.6 Å². The van der Waals surface area contributed by atoms with Crippen molar-refractivity contribution in [1.29, 1.82) is 0 Å². The van der Waals surface area contributed by atoms with Crippen molar-refractivity contribution >= 4 is 52.3 Å². The van der Waals surface area contributed by atoms with E-state index in [4.69, 9.17) is 46.4 Å². The van der Waals surface area contributed by atoms with Gasteiger partial charge < -0.3 is 5.32 Å². The Bertz CT molecular complexity index is 983. The quantitative estimate of drug-likeness (QED) is 0.518. The van der Waals surface area contributed by atoms with Gasteiger partial charge in [-0.2, -0.15) is 5.10 Å². The first-order chi connectivity index (χ1) is 12.9. The Hall–Kier alpha value is -1.72. The number of benzene rings is 2. The molecule has 0 aliphatic heterocycles. The third-order valence-electron chi connectivity index (χ3n) is 4.05. The number of carbonyl (C=O) groups is 1. The van der Waals surface area contributed by atoms with Crippen LogP contribution in [0.4, 0.5) is 0 Å². The van der Waals surface area contributed by atoms with Crippen LogP contribution in [0, 0.1) is 6.92 Å². The number of rotatable bonds is 5. The van der Waals surface area contributed by atoms with E-state index in [1.165, 1.54) is 0 Å². The number of hydrogen-bond acceptors (Lipinski definition) is 2. The Kier molecular flexibility index (Phi) is 6.33. The van der Waals surface area contributed by atoms with Gasteiger partial charge in [-0.25, -0.2) is 4.68 Å². The van der Waals surface area contributed by atoms with Crippen molar-refractivity contribution in [3.8, 4) is 16.9 Å². The van der Waals surface area contributed by atoms with Crippen molar-refractivity contribution in [3.63, 3.8) is 0 Å². The summed E-state index contributed by atoms with van der Waals surface area (Å²) in [5, 5.41) is 9.06. The van der Waals surface area contributed by atoms with Crippen LogP contribution >= 0.6 is 46.4 Å². The number of amides is 1. The summed E-state index contributed by atoms with van der Waals surface area (Å²) < 4.78 is 1.75. The molecule has 0 fully saturated rings. The number of nitrogens with one attached hydrogen (secondary N) is 1. The summed E-state index contributed by atoms with van der Waals surface area (Å²) in [6.45, 7) is 2.20. The maximum absolute atomic E-state index is 11.5. The average molecular weight is 443 g/mol. The van der Waals surface area contributed by atoms with Gasteiger partial charge >= 0.3 is 0 Å². The monoisotopic (exact) mass is 441 g/mol. The smallest absolute Gasteiger partial charge is 0.235 e. The molecule has 1 aromatic heterocycles. The molecule has 0 saturated heterocycles. The molecule has 140 valence electrons. The second kappa shape index (κ2) is 8.53. The maximum Gasteiger partial charge on any atom is 0.235 e. The SMILES string of the molecule is Cc1c(CNC(=O)CCl)nn(-c2ccc(Cl)cc2Cl)c1-c1ccc(Cl)cc1. The molecule has 0 unspecified atom stereocenters. The summed E-state index contributed by atoms with van der Waals surface area (Å²) in [5.74, 6) is -0.365. The van der Waals surface area contributed by atoms with Gasteiger partial charge in [-0.05, 0) is 37.3 Å². The molecule has 2 aromatic carbocycles. The average Bonchev–Trinajstić information content (AvgIpc) is 2.96. The van der Waals surface area contributed by atoms with Gasteiger partial charge in [-0.1, -0.05) is 46.9 Å². The molecule has 0 atom stereocenters. The van der Waals surface area contributed by atoms with Crippen molar-refractivity contribution in [3.05, 3.63) is 68.8 Å². The summed E-state index contributed by atoms with van der Waals surface area (Å²) in [7, 11) is 0. The summed E-state index contributed by atoms with van der Waals surface area (Å²) >= 11 is 24.0. The maximum atomic E-state index is 11.5. The van der Waals surface area contributed by atoms with Gasteiger partial charge in [-0.3, -0.25) is 4.79 Å². The van der Waals surface area contributed by atoms with E-state index >= 15 is 0 Å². The number of halogens is 4. The number of alkyl halides is 1. The minimum atomic E-state index is -0.261. The van der Waals surface area contributed by atoms with Gasteiger partial charge in [0.2, 0.25) is 5.91 Å². The molecule has 1 N–H and O–H groups in total. The van der Waals surface area contributed by atoms with Crippen molar-refractivity contribution in [2.75, 3.05) is 5.88 Å². The van der Waals surface area contributed by atoms with Crippen LogP contribution in [0.2, 0.25) is 15.1 Å². The lowest BCUT2D eigenvalue weighted by Crippen LogP contribution is -2.24. The molecule has 3 rings (SSSR count). The van der Waals surface area contributed by atoms with Crippen LogP contribution in [-0.4, -0.2) is 21.6 Å². The summed E-state index contributed by atoms with van der Waals surface area (Å²) in [4.78, 5) is 11.5. The molecular formula is C19H15Cl4N3O. The fraction of sp³-hybridized carbons (Fsp3) is 0.158. The highest BCUT2D eigenvalue weighted by molar-refractivity contribution is 6.35. The van der Waals surface area contributed by atoms with E-state index < -0.39 is 0 Å². The molecule has 3 aromatic rings. The summed E-state index contributed by atoms with van der Waals surface area (Å²) in [6.07, 6.45) is 0. The highest BCUT2D eigenvalue weighted by Gasteiger charge is 2.19. The molecule has 0 aliphatic rings. The second-order valence-corrected chi connectivity index (χ2v) is 7.39. The first kappa shape index (κ1) is 20.0. The highest BCUT2D eigenvalue weighted by Crippen LogP contribution is 2.33. The van der Waals surface area contributed by atoms with Crippen LogP contribution in [0.3, 0.4) is 0 Å². The predicted octanol–water partition coefficient (Wildman–Crippen LogP) is 5.66. The lowest BCUT2D eigenvalue weighted by Gasteiger charge is -2.11. The lowest BCUT2D eigenvalue weighted by atomic mass is 10.1. The first-order valence-corrected chi connectivity index (χ1v) is 9.70. The van der Waals surface area contributed by atoms with Crippen LogP contribution in [0.5, 0.6) is 0 Å². The Labute approximate surface area is 177 Å². The minimum absolute atomic E-state index is 0.104. The third kappa shape index (κ3) is 4.41. The standard InChI is InChI=1S/C19H15Cl4N3O/c1-11-16(10-24-18(27)9-20)25-26(17-7-6-14(22)8-15(17)23)19(11)12-2-4-13(21)5-3-12/h2-8H,9-10H2,1H3,(H,24,27). The van der Waals surface area contributed by atoms with Gasteiger partial charge in [0.05, 0.1) is 28.6 Å². The number of carbonyl (C=O) groups excluding carboxylic acids is 1. The van der Waals surface area contributed by atoms with Gasteiger partial charge in [0.1, 0.15) is 5.88 Å². The third-order valence-corrected chi connectivity index (χ3v) is 5.08. The molecule has 0 radical (unpaired) electrons. The first-order valence-electron chi connectivity index (χ1n) is 8.03. The van der Waals surface area contributed by atoms with Crippen LogP contribution in [-0.2, 0) is 11.3 Å². The van der Waals surface area contributed by atoms with E-state index in [1.54, 1.807) is 22.9 Å². The van der Waals surface area contributed by atoms with Crippen molar-refractivity contribution in [1.82, 2.24) is 15.1 Å². The largest absolute Gasteiger partial charge is 0.349 e. The Morgan fingerprint density at radius 3 is 2.37 bits per heavy atom. The van der Waals surface area contributed by atoms with Crippen LogP contribution in [0.15, 0.2) is 42.5 Å². The van der Waals surface area contributed by atoms with E-state index in [9.17, 15) is 4.79 Å². The van der Waals surface area contributed by atoms with Crippen molar-refractivity contribution in [2.24, 2.45) is 0 Å². The van der Waals surface area contributed by atoms with Crippen LogP contribution in [0.25, 0.3) is 16.9 Å². The molecule has 4 nitrogen and oxygen atoms in total. The molecule has 8 heteroatoms. The summed E-state index contributed by atoms with van der Waals surface area (Å²) in [6, 6.07) is 12.7. The van der Waals surface area contributed by atoms with Crippen molar-refractivity contribution < 1.29 is 4.79 Å². The molecule has 0 saturated carbocycles. The van der Waals surface area contributed by atoms with Crippen molar-refractivity contribution in [2.45, 2.75) is 13.5 Å². The number of hydrogen-bond donors (Lipinski definition) is 1. The number of nitrogens with zero attached hydrogens (tertiary/aromatic N) is 2. The molecule has 27 heavy (non-hydrogen) atoms. The van der Waals surface area contributed by atoms with E-state index in [1.807, 2.05) is 31.2 Å². The zero-order valence-corrected chi connectivity index (χ0v) is 17.3. The fourth-order valence-electron chi connectivity index (χ4n) is 2.71. The zero-order chi connectivity index (χ0) is 19.6. The minimum Gasteiger partial charge on any atom is -0.349 e. The summed E-state index contributed by atoms with van der Waals surface area (Å²) in [5.41, 5.74) is 4.09. The fourth-order valence-corrected chi connectivity index (χ4v) is 3.42. The Balaban J connectivity index is 2.14. The Morgan fingerprint density at radius 2 is 1.74 bits per heavy atom. The van der Waals surface area contributed by atoms with E-state index in [2.05, 4.69) is 10.4 Å². The lowest BCUT2D eigenvalue weighted by molar-refractivity contribution is -0.118. The molecular weight excluding hydrogens is 428 g/mol.